The van der Waals surface area contributed by atoms with Gasteiger partial charge in [-0.25, -0.2) is 9.98 Å². The van der Waals surface area contributed by atoms with Crippen molar-refractivity contribution in [2.24, 2.45) is 4.99 Å². The largest absolute Gasteiger partial charge is 0.369 e. The first kappa shape index (κ1) is 10.7. The van der Waals surface area contributed by atoms with Crippen LogP contribution in [-0.2, 0) is 0 Å². The molecule has 0 saturated carbocycles. The Kier molecular flexibility index (Phi) is 3.92. The fraction of sp³-hybridized carbons (Fsp3) is 0.250. The summed E-state index contributed by atoms with van der Waals surface area (Å²) in [6, 6.07) is 1.83. The summed E-state index contributed by atoms with van der Waals surface area (Å²) in [6.07, 6.45) is 3.30. The molecule has 0 aliphatic heterocycles. The fourth-order valence-corrected chi connectivity index (χ4v) is 1.63. The van der Waals surface area contributed by atoms with E-state index in [2.05, 4.69) is 32.6 Å². The average molecular weight is 310 g/mol. The Balaban J connectivity index is 2.90. The third-order valence-electron chi connectivity index (χ3n) is 1.20. The van der Waals surface area contributed by atoms with Crippen LogP contribution in [0.25, 0.3) is 0 Å². The van der Waals surface area contributed by atoms with Gasteiger partial charge in [0.1, 0.15) is 0 Å². The summed E-state index contributed by atoms with van der Waals surface area (Å²) in [6.45, 7) is 0. The number of aliphatic imine (C=N–C) groups is 1. The summed E-state index contributed by atoms with van der Waals surface area (Å²) in [5.74, 6) is 0.693. The van der Waals surface area contributed by atoms with E-state index in [1.54, 1.807) is 12.5 Å². The number of aromatic nitrogens is 1. The standard InChI is InChI=1S/C8H9ClIN3/c1-13(2)5-12-8-7(10)3-6(9)4-11-8/h3-5H,1-2H3/b12-5+. The van der Waals surface area contributed by atoms with Gasteiger partial charge in [-0.05, 0) is 28.7 Å². The molecule has 3 nitrogen and oxygen atoms in total. The van der Waals surface area contributed by atoms with E-state index in [-0.39, 0.29) is 0 Å². The van der Waals surface area contributed by atoms with Crippen molar-refractivity contribution in [2.75, 3.05) is 14.1 Å². The zero-order chi connectivity index (χ0) is 9.84. The van der Waals surface area contributed by atoms with Crippen LogP contribution >= 0.6 is 34.2 Å². The van der Waals surface area contributed by atoms with Crippen molar-refractivity contribution in [3.63, 3.8) is 0 Å². The van der Waals surface area contributed by atoms with Crippen LogP contribution in [0.1, 0.15) is 0 Å². The monoisotopic (exact) mass is 309 g/mol. The molecule has 0 atom stereocenters. The second-order valence-electron chi connectivity index (χ2n) is 2.67. The van der Waals surface area contributed by atoms with Crippen molar-refractivity contribution in [2.45, 2.75) is 0 Å². The highest BCUT2D eigenvalue weighted by atomic mass is 127. The van der Waals surface area contributed by atoms with E-state index in [1.165, 1.54) is 0 Å². The van der Waals surface area contributed by atoms with Gasteiger partial charge in [-0.15, -0.1) is 0 Å². The summed E-state index contributed by atoms with van der Waals surface area (Å²) in [7, 11) is 3.82. The molecule has 0 aromatic carbocycles. The average Bonchev–Trinajstić information content (AvgIpc) is 2.02. The van der Waals surface area contributed by atoms with E-state index in [1.807, 2.05) is 25.1 Å². The summed E-state index contributed by atoms with van der Waals surface area (Å²) < 4.78 is 0.947. The predicted molar refractivity (Wildman–Crippen MR) is 63.8 cm³/mol. The molecule has 0 bridgehead atoms. The van der Waals surface area contributed by atoms with Crippen molar-refractivity contribution in [3.05, 3.63) is 20.9 Å². The Labute approximate surface area is 96.0 Å². The Bertz CT molecular complexity index is 325. The van der Waals surface area contributed by atoms with Crippen molar-refractivity contribution >= 4 is 46.3 Å². The van der Waals surface area contributed by atoms with E-state index in [9.17, 15) is 0 Å². The lowest BCUT2D eigenvalue weighted by Crippen LogP contribution is -2.07. The van der Waals surface area contributed by atoms with Crippen molar-refractivity contribution < 1.29 is 0 Å². The molecule has 5 heteroatoms. The maximum absolute atomic E-state index is 5.75. The maximum atomic E-state index is 5.75. The fourth-order valence-electron chi connectivity index (χ4n) is 0.673. The predicted octanol–water partition coefficient (Wildman–Crippen LogP) is 2.56. The second kappa shape index (κ2) is 4.76. The zero-order valence-electron chi connectivity index (χ0n) is 7.33. The lowest BCUT2D eigenvalue weighted by Gasteiger charge is -2.02. The van der Waals surface area contributed by atoms with Crippen LogP contribution in [-0.4, -0.2) is 30.3 Å². The minimum atomic E-state index is 0.633. The van der Waals surface area contributed by atoms with Gasteiger partial charge in [-0.3, -0.25) is 0 Å². The smallest absolute Gasteiger partial charge is 0.167 e. The molecule has 0 aliphatic rings. The first-order valence-electron chi connectivity index (χ1n) is 3.61. The molecule has 0 radical (unpaired) electrons. The Morgan fingerprint density at radius 3 is 2.85 bits per heavy atom. The van der Waals surface area contributed by atoms with Gasteiger partial charge in [-0.2, -0.15) is 0 Å². The first-order valence-corrected chi connectivity index (χ1v) is 5.07. The van der Waals surface area contributed by atoms with E-state index < -0.39 is 0 Å². The van der Waals surface area contributed by atoms with Gasteiger partial charge in [-0.1, -0.05) is 11.6 Å². The molecule has 0 saturated heterocycles. The van der Waals surface area contributed by atoms with Crippen molar-refractivity contribution in [1.82, 2.24) is 9.88 Å². The summed E-state index contributed by atoms with van der Waals surface area (Å²) in [4.78, 5) is 10.1. The van der Waals surface area contributed by atoms with Crippen LogP contribution in [0.15, 0.2) is 17.3 Å². The minimum Gasteiger partial charge on any atom is -0.369 e. The normalized spacial score (nSPS) is 10.8. The van der Waals surface area contributed by atoms with Crippen LogP contribution in [0.5, 0.6) is 0 Å². The number of halogens is 2. The van der Waals surface area contributed by atoms with E-state index in [0.29, 0.717) is 10.8 Å². The SMILES string of the molecule is CN(C)/C=N/c1ncc(Cl)cc1I. The van der Waals surface area contributed by atoms with Crippen molar-refractivity contribution in [1.29, 1.82) is 0 Å². The van der Waals surface area contributed by atoms with E-state index in [0.717, 1.165) is 3.57 Å². The number of rotatable bonds is 2. The second-order valence-corrected chi connectivity index (χ2v) is 4.27. The molecular formula is C8H9ClIN3. The molecular weight excluding hydrogens is 300 g/mol. The molecule has 1 rings (SSSR count). The van der Waals surface area contributed by atoms with Gasteiger partial charge in [0.05, 0.1) is 14.9 Å². The molecule has 0 fully saturated rings. The molecule has 1 heterocycles. The van der Waals surface area contributed by atoms with Crippen molar-refractivity contribution in [3.8, 4) is 0 Å². The Hall–Kier alpha value is -0.360. The van der Waals surface area contributed by atoms with Gasteiger partial charge in [0.2, 0.25) is 0 Å². The van der Waals surface area contributed by atoms with Crippen LogP contribution < -0.4 is 0 Å². The topological polar surface area (TPSA) is 28.5 Å². The molecule has 0 N–H and O–H groups in total. The highest BCUT2D eigenvalue weighted by molar-refractivity contribution is 14.1. The maximum Gasteiger partial charge on any atom is 0.167 e. The van der Waals surface area contributed by atoms with Crippen LogP contribution in [0, 0.1) is 3.57 Å². The molecule has 0 spiro atoms. The van der Waals surface area contributed by atoms with Gasteiger partial charge >= 0.3 is 0 Å². The molecule has 1 aromatic heterocycles. The summed E-state index contributed by atoms with van der Waals surface area (Å²) in [5.41, 5.74) is 0. The van der Waals surface area contributed by atoms with Gasteiger partial charge in [0.25, 0.3) is 0 Å². The Morgan fingerprint density at radius 2 is 2.31 bits per heavy atom. The van der Waals surface area contributed by atoms with Crippen LogP contribution in [0.4, 0.5) is 5.82 Å². The van der Waals surface area contributed by atoms with Gasteiger partial charge in [0.15, 0.2) is 5.82 Å². The lowest BCUT2D eigenvalue weighted by molar-refractivity contribution is 0.643. The molecule has 70 valence electrons. The summed E-state index contributed by atoms with van der Waals surface area (Å²) in [5, 5.41) is 0.633. The highest BCUT2D eigenvalue weighted by Gasteiger charge is 1.98. The summed E-state index contributed by atoms with van der Waals surface area (Å²) >= 11 is 7.90. The quantitative estimate of drug-likeness (QED) is 0.477. The minimum absolute atomic E-state index is 0.633. The van der Waals surface area contributed by atoms with Crippen LogP contribution in [0.3, 0.4) is 0 Å². The number of hydrogen-bond acceptors (Lipinski definition) is 2. The molecule has 0 unspecified atom stereocenters. The Morgan fingerprint density at radius 1 is 1.62 bits per heavy atom. The van der Waals surface area contributed by atoms with Gasteiger partial charge < -0.3 is 4.90 Å². The van der Waals surface area contributed by atoms with E-state index >= 15 is 0 Å². The number of hydrogen-bond donors (Lipinski definition) is 0. The number of pyridine rings is 1. The van der Waals surface area contributed by atoms with Crippen LogP contribution in [0.2, 0.25) is 5.02 Å². The lowest BCUT2D eigenvalue weighted by atomic mass is 10.5. The zero-order valence-corrected chi connectivity index (χ0v) is 10.2. The molecule has 0 aliphatic carbocycles. The van der Waals surface area contributed by atoms with E-state index in [4.69, 9.17) is 11.6 Å². The highest BCUT2D eigenvalue weighted by Crippen LogP contribution is 2.21. The van der Waals surface area contributed by atoms with Gasteiger partial charge in [0, 0.05) is 20.3 Å². The third kappa shape index (κ3) is 3.48. The molecule has 0 amide bonds. The first-order chi connectivity index (χ1) is 6.09. The third-order valence-corrected chi connectivity index (χ3v) is 2.20. The molecule has 1 aromatic rings. The molecule has 13 heavy (non-hydrogen) atoms. The number of nitrogens with zero attached hydrogens (tertiary/aromatic N) is 3.